The van der Waals surface area contributed by atoms with Crippen LogP contribution in [0.5, 0.6) is 0 Å². The summed E-state index contributed by atoms with van der Waals surface area (Å²) < 4.78 is 0. The fourth-order valence-electron chi connectivity index (χ4n) is 2.94. The summed E-state index contributed by atoms with van der Waals surface area (Å²) >= 11 is 12.0. The van der Waals surface area contributed by atoms with E-state index in [1.807, 2.05) is 30.3 Å². The average molecular weight is 398 g/mol. The summed E-state index contributed by atoms with van der Waals surface area (Å²) in [5.74, 6) is 0. The third kappa shape index (κ3) is 3.99. The summed E-state index contributed by atoms with van der Waals surface area (Å²) in [6.07, 6.45) is 4.57. The van der Waals surface area contributed by atoms with Crippen LogP contribution in [0.25, 0.3) is 10.9 Å². The lowest BCUT2D eigenvalue weighted by Crippen LogP contribution is -2.04. The standard InChI is InChI=1S/C20H17Cl2N5/c21-19-18(12-25-27-20(19)22)26-15-7-5-14(6-8-15)23-10-9-13-11-24-17-4-2-1-3-16(13)17/h1-8,11-12,23-24H,9-10H2,(H,26,27). The molecule has 0 bridgehead atoms. The molecule has 136 valence electrons. The molecule has 0 aliphatic heterocycles. The Morgan fingerprint density at radius 3 is 2.59 bits per heavy atom. The van der Waals surface area contributed by atoms with Crippen molar-refractivity contribution in [3.05, 3.63) is 76.7 Å². The first-order valence-corrected chi connectivity index (χ1v) is 9.29. The number of halogens is 2. The zero-order valence-electron chi connectivity index (χ0n) is 14.3. The molecule has 0 atom stereocenters. The number of fused-ring (bicyclic) bond motifs is 1. The topological polar surface area (TPSA) is 65.6 Å². The van der Waals surface area contributed by atoms with Crippen LogP contribution in [0.2, 0.25) is 10.2 Å². The van der Waals surface area contributed by atoms with Crippen LogP contribution in [0.4, 0.5) is 17.1 Å². The molecule has 5 nitrogen and oxygen atoms in total. The van der Waals surface area contributed by atoms with Gasteiger partial charge in [0, 0.05) is 35.0 Å². The molecule has 2 aromatic carbocycles. The van der Waals surface area contributed by atoms with Gasteiger partial charge in [0.2, 0.25) is 0 Å². The summed E-state index contributed by atoms with van der Waals surface area (Å²) in [6, 6.07) is 16.3. The smallest absolute Gasteiger partial charge is 0.172 e. The maximum Gasteiger partial charge on any atom is 0.172 e. The first-order valence-electron chi connectivity index (χ1n) is 8.53. The third-order valence-corrected chi connectivity index (χ3v) is 5.06. The first kappa shape index (κ1) is 17.6. The number of rotatable bonds is 6. The van der Waals surface area contributed by atoms with Crippen molar-refractivity contribution < 1.29 is 0 Å². The molecule has 4 aromatic rings. The van der Waals surface area contributed by atoms with Gasteiger partial charge in [-0.3, -0.25) is 0 Å². The van der Waals surface area contributed by atoms with Crippen LogP contribution in [-0.2, 0) is 6.42 Å². The van der Waals surface area contributed by atoms with Crippen molar-refractivity contribution in [2.24, 2.45) is 0 Å². The van der Waals surface area contributed by atoms with Gasteiger partial charge in [-0.05, 0) is 42.3 Å². The number of hydrogen-bond acceptors (Lipinski definition) is 4. The Morgan fingerprint density at radius 1 is 0.963 bits per heavy atom. The van der Waals surface area contributed by atoms with Crippen molar-refractivity contribution in [3.63, 3.8) is 0 Å². The lowest BCUT2D eigenvalue weighted by Gasteiger charge is -2.10. The largest absolute Gasteiger partial charge is 0.385 e. The van der Waals surface area contributed by atoms with E-state index in [0.717, 1.165) is 24.3 Å². The normalized spacial score (nSPS) is 10.9. The molecule has 0 radical (unpaired) electrons. The highest BCUT2D eigenvalue weighted by molar-refractivity contribution is 6.42. The van der Waals surface area contributed by atoms with Gasteiger partial charge in [0.15, 0.2) is 5.15 Å². The van der Waals surface area contributed by atoms with E-state index < -0.39 is 0 Å². The van der Waals surface area contributed by atoms with Gasteiger partial charge in [-0.1, -0.05) is 41.4 Å². The number of anilines is 3. The molecule has 2 heterocycles. The van der Waals surface area contributed by atoms with Crippen LogP contribution in [0.1, 0.15) is 5.56 Å². The van der Waals surface area contributed by atoms with Crippen LogP contribution in [0, 0.1) is 0 Å². The highest BCUT2D eigenvalue weighted by atomic mass is 35.5. The predicted octanol–water partition coefficient (Wildman–Crippen LogP) is 5.66. The SMILES string of the molecule is Clc1nncc(Nc2ccc(NCCc3c[nH]c4ccccc34)cc2)c1Cl. The Hall–Kier alpha value is -2.76. The van der Waals surface area contributed by atoms with E-state index in [1.165, 1.54) is 16.5 Å². The Bertz CT molecular complexity index is 1060. The van der Waals surface area contributed by atoms with Gasteiger partial charge in [0.25, 0.3) is 0 Å². The predicted molar refractivity (Wildman–Crippen MR) is 112 cm³/mol. The quantitative estimate of drug-likeness (QED) is 0.392. The van der Waals surface area contributed by atoms with Gasteiger partial charge in [-0.25, -0.2) is 0 Å². The zero-order chi connectivity index (χ0) is 18.6. The second-order valence-electron chi connectivity index (χ2n) is 6.10. The third-order valence-electron chi connectivity index (χ3n) is 4.31. The van der Waals surface area contributed by atoms with E-state index in [0.29, 0.717) is 10.7 Å². The molecule has 4 rings (SSSR count). The van der Waals surface area contributed by atoms with Crippen molar-refractivity contribution >= 4 is 51.2 Å². The number of H-pyrrole nitrogens is 1. The lowest BCUT2D eigenvalue weighted by atomic mass is 10.1. The van der Waals surface area contributed by atoms with Gasteiger partial charge < -0.3 is 15.6 Å². The molecule has 27 heavy (non-hydrogen) atoms. The van der Waals surface area contributed by atoms with Crippen molar-refractivity contribution in [2.45, 2.75) is 6.42 Å². The fourth-order valence-corrected chi connectivity index (χ4v) is 3.22. The van der Waals surface area contributed by atoms with Crippen molar-refractivity contribution in [3.8, 4) is 0 Å². The average Bonchev–Trinajstić information content (AvgIpc) is 3.10. The molecule has 0 aliphatic carbocycles. The second-order valence-corrected chi connectivity index (χ2v) is 6.84. The van der Waals surface area contributed by atoms with E-state index in [1.54, 1.807) is 6.20 Å². The minimum Gasteiger partial charge on any atom is -0.385 e. The van der Waals surface area contributed by atoms with Crippen molar-refractivity contribution in [2.75, 3.05) is 17.2 Å². The molecular weight excluding hydrogens is 381 g/mol. The molecule has 2 aromatic heterocycles. The van der Waals surface area contributed by atoms with Crippen molar-refractivity contribution in [1.29, 1.82) is 0 Å². The Morgan fingerprint density at radius 2 is 1.74 bits per heavy atom. The summed E-state index contributed by atoms with van der Waals surface area (Å²) in [7, 11) is 0. The molecular formula is C20H17Cl2N5. The number of nitrogens with zero attached hydrogens (tertiary/aromatic N) is 2. The van der Waals surface area contributed by atoms with Crippen LogP contribution in [-0.4, -0.2) is 21.7 Å². The molecule has 0 aliphatic rings. The first-order chi connectivity index (χ1) is 13.2. The van der Waals surface area contributed by atoms with Crippen LogP contribution < -0.4 is 10.6 Å². The van der Waals surface area contributed by atoms with Gasteiger partial charge >= 0.3 is 0 Å². The van der Waals surface area contributed by atoms with Gasteiger partial charge in [0.1, 0.15) is 5.02 Å². The fraction of sp³-hybridized carbons (Fsp3) is 0.100. The molecule has 0 fully saturated rings. The van der Waals surface area contributed by atoms with Crippen LogP contribution in [0.3, 0.4) is 0 Å². The number of aromatic amines is 1. The maximum atomic E-state index is 6.12. The molecule has 0 spiro atoms. The molecule has 0 saturated carbocycles. The second kappa shape index (κ2) is 7.86. The number of para-hydroxylation sites is 1. The molecule has 0 unspecified atom stereocenters. The van der Waals surface area contributed by atoms with Crippen molar-refractivity contribution in [1.82, 2.24) is 15.2 Å². The van der Waals surface area contributed by atoms with E-state index in [2.05, 4.69) is 50.2 Å². The number of nitrogens with one attached hydrogen (secondary N) is 3. The molecule has 0 saturated heterocycles. The van der Waals surface area contributed by atoms with Gasteiger partial charge in [0.05, 0.1) is 11.9 Å². The highest BCUT2D eigenvalue weighted by Crippen LogP contribution is 2.29. The summed E-state index contributed by atoms with van der Waals surface area (Å²) in [4.78, 5) is 3.31. The number of benzene rings is 2. The summed E-state index contributed by atoms with van der Waals surface area (Å²) in [5, 5.41) is 15.9. The minimum absolute atomic E-state index is 0.178. The monoisotopic (exact) mass is 397 g/mol. The van der Waals surface area contributed by atoms with E-state index in [-0.39, 0.29) is 5.15 Å². The molecule has 0 amide bonds. The van der Waals surface area contributed by atoms with E-state index in [9.17, 15) is 0 Å². The lowest BCUT2D eigenvalue weighted by molar-refractivity contribution is 1.03. The van der Waals surface area contributed by atoms with Gasteiger partial charge in [-0.15, -0.1) is 5.10 Å². The van der Waals surface area contributed by atoms with Gasteiger partial charge in [-0.2, -0.15) is 5.10 Å². The highest BCUT2D eigenvalue weighted by Gasteiger charge is 2.07. The summed E-state index contributed by atoms with van der Waals surface area (Å²) in [5.41, 5.74) is 5.05. The number of hydrogen-bond donors (Lipinski definition) is 3. The van der Waals surface area contributed by atoms with Crippen LogP contribution in [0.15, 0.2) is 60.9 Å². The Labute approximate surface area is 166 Å². The maximum absolute atomic E-state index is 6.12. The molecule has 7 heteroatoms. The number of aromatic nitrogens is 3. The van der Waals surface area contributed by atoms with Crippen LogP contribution >= 0.6 is 23.2 Å². The summed E-state index contributed by atoms with van der Waals surface area (Å²) in [6.45, 7) is 0.852. The Kier molecular flexibility index (Phi) is 5.14. The minimum atomic E-state index is 0.178. The molecule has 3 N–H and O–H groups in total. The zero-order valence-corrected chi connectivity index (χ0v) is 15.8. The van der Waals surface area contributed by atoms with E-state index >= 15 is 0 Å². The Balaban J connectivity index is 1.36. The van der Waals surface area contributed by atoms with E-state index in [4.69, 9.17) is 23.2 Å².